The van der Waals surface area contributed by atoms with Gasteiger partial charge in [0.05, 0.1) is 35.6 Å². The van der Waals surface area contributed by atoms with Crippen molar-refractivity contribution in [2.45, 2.75) is 129 Å². The van der Waals surface area contributed by atoms with Gasteiger partial charge in [-0.1, -0.05) is 49.3 Å². The number of hydrogen-bond donors (Lipinski definition) is 5. The minimum atomic E-state index is -2.46. The molecule has 55 heavy (non-hydrogen) atoms. The molecule has 5 rings (SSSR count). The third kappa shape index (κ3) is 7.32. The van der Waals surface area contributed by atoms with Crippen molar-refractivity contribution in [2.75, 3.05) is 13.2 Å². The lowest BCUT2D eigenvalue weighted by Gasteiger charge is -2.63. The van der Waals surface area contributed by atoms with Crippen molar-refractivity contribution in [1.29, 1.82) is 0 Å². The number of aliphatic hydroxyl groups is 3. The van der Waals surface area contributed by atoms with E-state index in [1.54, 1.807) is 73.6 Å². The molecule has 302 valence electrons. The maximum Gasteiger partial charge on any atom is 0.408 e. The van der Waals surface area contributed by atoms with Crippen molar-refractivity contribution in [3.05, 3.63) is 58.7 Å². The zero-order valence-corrected chi connectivity index (χ0v) is 33.1. The number of benzene rings is 1. The summed E-state index contributed by atoms with van der Waals surface area (Å²) < 4.78 is 29.6. The molecule has 3 saturated heterocycles. The molecule has 15 heteroatoms. The second-order valence-corrected chi connectivity index (χ2v) is 17.0. The number of alkyl carbamates (subject to hydrolysis) is 1. The van der Waals surface area contributed by atoms with Crippen LogP contribution in [0.1, 0.15) is 86.0 Å². The number of carbonyl (C=O) groups is 5. The number of carbonyl (C=O) groups excluding carboxylic acids is 5. The van der Waals surface area contributed by atoms with Crippen molar-refractivity contribution in [2.24, 2.45) is 16.7 Å². The minimum absolute atomic E-state index is 0.101. The van der Waals surface area contributed by atoms with Crippen LogP contribution in [-0.2, 0) is 38.1 Å². The van der Waals surface area contributed by atoms with Crippen LogP contribution in [0.5, 0.6) is 0 Å². The predicted octanol–water partition coefficient (Wildman–Crippen LogP) is 2.65. The number of allylic oxidation sites excluding steroid dienone is 1. The van der Waals surface area contributed by atoms with Crippen molar-refractivity contribution >= 4 is 29.7 Å². The van der Waals surface area contributed by atoms with Crippen LogP contribution in [0.15, 0.2) is 53.1 Å². The fourth-order valence-corrected chi connectivity index (χ4v) is 8.68. The van der Waals surface area contributed by atoms with Gasteiger partial charge in [0.2, 0.25) is 5.79 Å². The molecular weight excluding hydrogens is 716 g/mol. The Labute approximate surface area is 320 Å². The van der Waals surface area contributed by atoms with Crippen LogP contribution >= 0.6 is 0 Å². The van der Waals surface area contributed by atoms with E-state index >= 15 is 4.79 Å². The normalized spacial score (nSPS) is 33.9. The van der Waals surface area contributed by atoms with Crippen LogP contribution in [0.25, 0.3) is 0 Å². The molecule has 4 fully saturated rings. The van der Waals surface area contributed by atoms with Gasteiger partial charge in [0, 0.05) is 25.3 Å². The molecule has 3 aliphatic heterocycles. The first kappa shape index (κ1) is 42.0. The molecule has 4 aliphatic rings. The van der Waals surface area contributed by atoms with Gasteiger partial charge in [-0.3, -0.25) is 14.4 Å². The fourth-order valence-electron chi connectivity index (χ4n) is 8.68. The lowest BCUT2D eigenvalue weighted by Crippen LogP contribution is -2.79. The van der Waals surface area contributed by atoms with Crippen LogP contribution in [0, 0.1) is 16.7 Å². The molecule has 1 saturated carbocycles. The van der Waals surface area contributed by atoms with E-state index in [0.717, 1.165) is 0 Å². The maximum atomic E-state index is 15.0. The second-order valence-electron chi connectivity index (χ2n) is 17.0. The van der Waals surface area contributed by atoms with Crippen LogP contribution < -0.4 is 10.6 Å². The smallest absolute Gasteiger partial charge is 0.408 e. The van der Waals surface area contributed by atoms with Gasteiger partial charge in [-0.2, -0.15) is 0 Å². The predicted molar refractivity (Wildman–Crippen MR) is 195 cm³/mol. The molecule has 1 aromatic carbocycles. The maximum absolute atomic E-state index is 15.0. The Bertz CT molecular complexity index is 1780. The third-order valence-electron chi connectivity index (χ3n) is 11.3. The molecule has 3 heterocycles. The summed E-state index contributed by atoms with van der Waals surface area (Å²) in [6, 6.07) is 6.84. The number of aliphatic hydroxyl groups excluding tert-OH is 2. The average molecular weight is 771 g/mol. The highest BCUT2D eigenvalue weighted by molar-refractivity contribution is 5.95. The summed E-state index contributed by atoms with van der Waals surface area (Å²) in [5.74, 6) is -6.86. The van der Waals surface area contributed by atoms with E-state index in [2.05, 4.69) is 10.6 Å². The summed E-state index contributed by atoms with van der Waals surface area (Å²) in [7, 11) is 0. The summed E-state index contributed by atoms with van der Waals surface area (Å²) in [5, 5.41) is 40.9. The van der Waals surface area contributed by atoms with Gasteiger partial charge in [-0.05, 0) is 66.2 Å². The van der Waals surface area contributed by atoms with E-state index in [1.807, 2.05) is 0 Å². The van der Waals surface area contributed by atoms with Crippen molar-refractivity contribution < 1.29 is 63.0 Å². The third-order valence-corrected chi connectivity index (χ3v) is 11.3. The molecule has 2 amide bonds. The van der Waals surface area contributed by atoms with Gasteiger partial charge < -0.3 is 49.6 Å². The molecule has 2 bridgehead atoms. The Morgan fingerprint density at radius 1 is 1.05 bits per heavy atom. The summed E-state index contributed by atoms with van der Waals surface area (Å²) in [6.07, 6.45) is -6.69. The van der Waals surface area contributed by atoms with Gasteiger partial charge in [0.15, 0.2) is 23.6 Å². The van der Waals surface area contributed by atoms with Gasteiger partial charge in [-0.25, -0.2) is 9.59 Å². The molecule has 5 N–H and O–H groups in total. The second kappa shape index (κ2) is 14.7. The molecule has 0 spiro atoms. The number of fused-ring (bicyclic) bond motifs is 5. The summed E-state index contributed by atoms with van der Waals surface area (Å²) in [4.78, 5) is 67.5. The number of rotatable bonds is 9. The number of amides is 2. The Morgan fingerprint density at radius 3 is 2.24 bits per heavy atom. The average Bonchev–Trinajstić information content (AvgIpc) is 3.26. The van der Waals surface area contributed by atoms with Gasteiger partial charge in [0.25, 0.3) is 5.91 Å². The topological polar surface area (TPSA) is 216 Å². The standard InChI is InChI=1S/C40H54N2O13/c1-20(2)16-24(42-35(49)55-36(5,6)7)28(45)33(47)41-18-21(3)27-29-31(46)38(10)25(44)17-26-39(19-51-26,53-22(4)43)30(38)32(40(50,54-29)37(27,8)9)52-34(48)23-14-12-11-13-15-23/h11-16,24-26,28-30,32,44-45,50H,17-19H2,1-10H3,(H,41,47)(H,42,49)/b27-21-/t24-,25-,26+,28+,29+,30?,32-,38+,39-,40+/m0/s1. The van der Waals surface area contributed by atoms with E-state index in [4.69, 9.17) is 23.7 Å². The number of Topliss-reactive ketones (excluding diaryl/α,β-unsaturated/α-hetero) is 1. The summed E-state index contributed by atoms with van der Waals surface area (Å²) in [5.41, 5.74) is -4.28. The van der Waals surface area contributed by atoms with Gasteiger partial charge >= 0.3 is 18.0 Å². The molecule has 1 aromatic rings. The van der Waals surface area contributed by atoms with Crippen molar-refractivity contribution in [1.82, 2.24) is 10.6 Å². The summed E-state index contributed by atoms with van der Waals surface area (Å²) in [6.45, 7) is 15.6. The Balaban J connectivity index is 1.55. The number of esters is 2. The fraction of sp³-hybridized carbons (Fsp3) is 0.625. The Kier molecular flexibility index (Phi) is 11.3. The largest absolute Gasteiger partial charge is 0.453 e. The SMILES string of the molecule is CC(=O)O[C@@]12CO[C@@H]1C[C@H](O)[C@@]1(C)C(=O)[C@@H]3O[C@](O)([C@@H](OC(=O)c4ccccc4)C12)C(C)(C)/C3=C(/C)CNC(=O)[C@H](O)[C@H](C=C(C)C)NC(=O)OC(C)(C)C. The molecule has 10 atom stereocenters. The highest BCUT2D eigenvalue weighted by Crippen LogP contribution is 2.65. The zero-order chi connectivity index (χ0) is 41.1. The van der Waals surface area contributed by atoms with Crippen molar-refractivity contribution in [3.63, 3.8) is 0 Å². The first-order chi connectivity index (χ1) is 25.4. The van der Waals surface area contributed by atoms with Crippen LogP contribution in [0.2, 0.25) is 0 Å². The number of hydrogen-bond acceptors (Lipinski definition) is 13. The highest BCUT2D eigenvalue weighted by atomic mass is 16.7. The van der Waals surface area contributed by atoms with E-state index in [1.165, 1.54) is 32.1 Å². The number of nitrogens with one attached hydrogen (secondary N) is 2. The quantitative estimate of drug-likeness (QED) is 0.139. The highest BCUT2D eigenvalue weighted by Gasteiger charge is 2.80. The minimum Gasteiger partial charge on any atom is -0.453 e. The summed E-state index contributed by atoms with van der Waals surface area (Å²) >= 11 is 0. The monoisotopic (exact) mass is 770 g/mol. The Morgan fingerprint density at radius 2 is 1.69 bits per heavy atom. The van der Waals surface area contributed by atoms with Crippen molar-refractivity contribution in [3.8, 4) is 0 Å². The first-order valence-corrected chi connectivity index (χ1v) is 18.4. The zero-order valence-electron chi connectivity index (χ0n) is 33.1. The first-order valence-electron chi connectivity index (χ1n) is 18.4. The molecule has 0 aromatic heterocycles. The van der Waals surface area contributed by atoms with Gasteiger partial charge in [-0.15, -0.1) is 0 Å². The van der Waals surface area contributed by atoms with E-state index in [9.17, 15) is 34.5 Å². The molecular formula is C40H54N2O13. The molecule has 0 radical (unpaired) electrons. The lowest BCUT2D eigenvalue weighted by atomic mass is 9.49. The van der Waals surface area contributed by atoms with Crippen LogP contribution in [-0.4, -0.2) is 112 Å². The number of ether oxygens (including phenoxy) is 5. The molecule has 15 nitrogen and oxygen atoms in total. The van der Waals surface area contributed by atoms with Crippen LogP contribution in [0.4, 0.5) is 4.79 Å². The van der Waals surface area contributed by atoms with E-state index in [-0.39, 0.29) is 30.7 Å². The van der Waals surface area contributed by atoms with E-state index < -0.39 is 100 Å². The van der Waals surface area contributed by atoms with Gasteiger partial charge in [0.1, 0.15) is 17.8 Å². The Hall–Kier alpha value is -4.15. The lowest BCUT2D eigenvalue weighted by molar-refractivity contribution is -0.356. The van der Waals surface area contributed by atoms with Crippen LogP contribution in [0.3, 0.4) is 0 Å². The van der Waals surface area contributed by atoms with E-state index in [0.29, 0.717) is 11.1 Å². The molecule has 1 unspecified atom stereocenters. The number of ketones is 1. The molecule has 1 aliphatic carbocycles.